The zero-order valence-electron chi connectivity index (χ0n) is 19.9. The van der Waals surface area contributed by atoms with Crippen molar-refractivity contribution in [3.63, 3.8) is 0 Å². The van der Waals surface area contributed by atoms with E-state index < -0.39 is 0 Å². The van der Waals surface area contributed by atoms with E-state index in [1.165, 1.54) is 16.9 Å². The van der Waals surface area contributed by atoms with Crippen LogP contribution in [0.3, 0.4) is 0 Å². The minimum atomic E-state index is -0.280. The topological polar surface area (TPSA) is 45.7 Å². The summed E-state index contributed by atoms with van der Waals surface area (Å²) in [5.41, 5.74) is 4.36. The summed E-state index contributed by atoms with van der Waals surface area (Å²) in [4.78, 5) is 22.2. The summed E-state index contributed by atoms with van der Waals surface area (Å²) in [6.07, 6.45) is 2.34. The van der Waals surface area contributed by atoms with Crippen LogP contribution in [-0.2, 0) is 24.4 Å². The maximum absolute atomic E-state index is 12.9. The molecule has 3 rings (SSSR count). The molecule has 1 amide bonds. The van der Waals surface area contributed by atoms with E-state index in [4.69, 9.17) is 4.74 Å². The molecule has 0 saturated heterocycles. The van der Waals surface area contributed by atoms with E-state index in [2.05, 4.69) is 61.0 Å². The summed E-state index contributed by atoms with van der Waals surface area (Å²) in [5.74, 6) is 0. The molecule has 0 N–H and O–H groups in total. The van der Waals surface area contributed by atoms with Crippen LogP contribution >= 0.6 is 11.3 Å². The molecule has 0 bridgehead atoms. The third-order valence-electron chi connectivity index (χ3n) is 5.15. The number of rotatable bonds is 11. The number of benzene rings is 2. The SMILES string of the molecule is CC(C)(C)CN(CCCN(Cc1ccccc1)C(=O)OCc1cncs1)Cc1ccccc1. The number of aromatic nitrogens is 1. The zero-order chi connectivity index (χ0) is 23.5. The minimum absolute atomic E-state index is 0.201. The van der Waals surface area contributed by atoms with Crippen molar-refractivity contribution in [1.29, 1.82) is 0 Å². The first-order chi connectivity index (χ1) is 15.9. The van der Waals surface area contributed by atoms with Crippen LogP contribution < -0.4 is 0 Å². The van der Waals surface area contributed by atoms with E-state index in [-0.39, 0.29) is 18.1 Å². The van der Waals surface area contributed by atoms with Crippen LogP contribution in [0.4, 0.5) is 4.79 Å². The van der Waals surface area contributed by atoms with Gasteiger partial charge in [0, 0.05) is 38.9 Å². The molecular weight excluding hydrogens is 430 g/mol. The van der Waals surface area contributed by atoms with Gasteiger partial charge in [-0.15, -0.1) is 11.3 Å². The zero-order valence-corrected chi connectivity index (χ0v) is 20.8. The number of ether oxygens (including phenoxy) is 1. The van der Waals surface area contributed by atoms with Gasteiger partial charge < -0.3 is 9.64 Å². The van der Waals surface area contributed by atoms with Crippen molar-refractivity contribution in [2.24, 2.45) is 5.41 Å². The molecule has 2 aromatic carbocycles. The van der Waals surface area contributed by atoms with Crippen LogP contribution in [0.1, 0.15) is 43.2 Å². The van der Waals surface area contributed by atoms with Crippen molar-refractivity contribution in [3.8, 4) is 0 Å². The van der Waals surface area contributed by atoms with Crippen LogP contribution in [-0.4, -0.2) is 40.5 Å². The second kappa shape index (κ2) is 12.5. The van der Waals surface area contributed by atoms with E-state index in [1.54, 1.807) is 11.7 Å². The summed E-state index contributed by atoms with van der Waals surface area (Å²) in [5, 5.41) is 0. The minimum Gasteiger partial charge on any atom is -0.444 e. The Morgan fingerprint density at radius 2 is 1.58 bits per heavy atom. The Morgan fingerprint density at radius 3 is 2.15 bits per heavy atom. The van der Waals surface area contributed by atoms with E-state index in [0.717, 1.165) is 36.5 Å². The van der Waals surface area contributed by atoms with Gasteiger partial charge in [0.1, 0.15) is 6.61 Å². The maximum Gasteiger partial charge on any atom is 0.410 e. The maximum atomic E-state index is 12.9. The first kappa shape index (κ1) is 24.9. The average molecular weight is 466 g/mol. The molecular formula is C27H35N3O2S. The Labute approximate surface area is 202 Å². The Hall–Kier alpha value is -2.70. The highest BCUT2D eigenvalue weighted by Crippen LogP contribution is 2.18. The molecule has 0 unspecified atom stereocenters. The lowest BCUT2D eigenvalue weighted by atomic mass is 9.95. The molecule has 6 heteroatoms. The number of nitrogens with zero attached hydrogens (tertiary/aromatic N) is 3. The third-order valence-corrected chi connectivity index (χ3v) is 5.90. The van der Waals surface area contributed by atoms with E-state index >= 15 is 0 Å². The fourth-order valence-corrected chi connectivity index (χ4v) is 4.29. The molecule has 0 spiro atoms. The molecule has 0 aliphatic carbocycles. The largest absolute Gasteiger partial charge is 0.444 e. The summed E-state index contributed by atoms with van der Waals surface area (Å²) in [6, 6.07) is 20.7. The van der Waals surface area contributed by atoms with E-state index in [9.17, 15) is 4.79 Å². The van der Waals surface area contributed by atoms with Crippen LogP contribution in [0.5, 0.6) is 0 Å². The molecule has 33 heavy (non-hydrogen) atoms. The number of carbonyl (C=O) groups is 1. The smallest absolute Gasteiger partial charge is 0.410 e. The molecule has 176 valence electrons. The van der Waals surface area contributed by atoms with Gasteiger partial charge in [-0.05, 0) is 23.0 Å². The van der Waals surface area contributed by atoms with Crippen molar-refractivity contribution in [3.05, 3.63) is 88.4 Å². The van der Waals surface area contributed by atoms with E-state index in [1.807, 2.05) is 35.2 Å². The second-order valence-corrected chi connectivity index (χ2v) is 10.5. The van der Waals surface area contributed by atoms with Crippen molar-refractivity contribution in [2.45, 2.75) is 46.9 Å². The lowest BCUT2D eigenvalue weighted by Gasteiger charge is -2.31. The lowest BCUT2D eigenvalue weighted by molar-refractivity contribution is 0.0911. The van der Waals surface area contributed by atoms with Crippen LogP contribution in [0.25, 0.3) is 0 Å². The number of hydrogen-bond acceptors (Lipinski definition) is 5. The number of hydrogen-bond donors (Lipinski definition) is 0. The van der Waals surface area contributed by atoms with Crippen molar-refractivity contribution in [2.75, 3.05) is 19.6 Å². The van der Waals surface area contributed by atoms with Crippen molar-refractivity contribution < 1.29 is 9.53 Å². The van der Waals surface area contributed by atoms with Gasteiger partial charge >= 0.3 is 6.09 Å². The van der Waals surface area contributed by atoms with Crippen LogP contribution in [0.15, 0.2) is 72.4 Å². The van der Waals surface area contributed by atoms with Gasteiger partial charge in [-0.1, -0.05) is 81.4 Å². The summed E-state index contributed by atoms with van der Waals surface area (Å²) in [7, 11) is 0. The number of amides is 1. The van der Waals surface area contributed by atoms with Crippen LogP contribution in [0, 0.1) is 5.41 Å². The van der Waals surface area contributed by atoms with Crippen molar-refractivity contribution >= 4 is 17.4 Å². The van der Waals surface area contributed by atoms with Gasteiger partial charge in [0.15, 0.2) is 0 Å². The number of carbonyl (C=O) groups excluding carboxylic acids is 1. The fourth-order valence-electron chi connectivity index (χ4n) is 3.79. The van der Waals surface area contributed by atoms with E-state index in [0.29, 0.717) is 13.1 Å². The van der Waals surface area contributed by atoms with Gasteiger partial charge in [0.25, 0.3) is 0 Å². The summed E-state index contributed by atoms with van der Waals surface area (Å²) >= 11 is 1.49. The molecule has 1 heterocycles. The first-order valence-corrected chi connectivity index (χ1v) is 12.4. The number of thiazole rings is 1. The third kappa shape index (κ3) is 9.36. The normalized spacial score (nSPS) is 11.5. The Morgan fingerprint density at radius 1 is 0.939 bits per heavy atom. The van der Waals surface area contributed by atoms with Gasteiger partial charge in [0.05, 0.1) is 10.4 Å². The lowest BCUT2D eigenvalue weighted by Crippen LogP contribution is -2.36. The molecule has 3 aromatic rings. The first-order valence-electron chi connectivity index (χ1n) is 11.5. The van der Waals surface area contributed by atoms with Gasteiger partial charge in [-0.2, -0.15) is 0 Å². The van der Waals surface area contributed by atoms with Crippen LogP contribution in [0.2, 0.25) is 0 Å². The van der Waals surface area contributed by atoms with Gasteiger partial charge in [-0.3, -0.25) is 9.88 Å². The highest BCUT2D eigenvalue weighted by atomic mass is 32.1. The summed E-state index contributed by atoms with van der Waals surface area (Å²) < 4.78 is 5.60. The molecule has 0 saturated carbocycles. The highest BCUT2D eigenvalue weighted by molar-refractivity contribution is 7.09. The van der Waals surface area contributed by atoms with Gasteiger partial charge in [0.2, 0.25) is 0 Å². The Bertz CT molecular complexity index is 941. The molecule has 0 radical (unpaired) electrons. The predicted molar refractivity (Wildman–Crippen MR) is 135 cm³/mol. The molecule has 1 aromatic heterocycles. The van der Waals surface area contributed by atoms with Crippen molar-refractivity contribution in [1.82, 2.24) is 14.8 Å². The second-order valence-electron chi connectivity index (χ2n) is 9.54. The molecule has 0 aliphatic rings. The monoisotopic (exact) mass is 465 g/mol. The molecule has 0 atom stereocenters. The van der Waals surface area contributed by atoms with Gasteiger partial charge in [-0.25, -0.2) is 4.79 Å². The fraction of sp³-hybridized carbons (Fsp3) is 0.407. The molecule has 0 fully saturated rings. The summed E-state index contributed by atoms with van der Waals surface area (Å²) in [6.45, 7) is 11.1. The molecule has 0 aliphatic heterocycles. The Balaban J connectivity index is 1.60. The standard InChI is InChI=1S/C27H35N3O2S/c1-27(2,3)21-29(18-23-11-6-4-7-12-23)15-10-16-30(19-24-13-8-5-9-14-24)26(31)32-20-25-17-28-22-33-25/h4-9,11-14,17,22H,10,15-16,18-21H2,1-3H3. The highest BCUT2D eigenvalue weighted by Gasteiger charge is 2.19. The Kier molecular flexibility index (Phi) is 9.46. The predicted octanol–water partition coefficient (Wildman–Crippen LogP) is 6.22. The average Bonchev–Trinajstić information content (AvgIpc) is 3.31. The quantitative estimate of drug-likeness (QED) is 0.337. The molecule has 5 nitrogen and oxygen atoms in total.